The third-order valence-corrected chi connectivity index (χ3v) is 5.25. The smallest absolute Gasteiger partial charge is 0.191 e. The van der Waals surface area contributed by atoms with Crippen LogP contribution in [0.15, 0.2) is 40.7 Å². The molecule has 0 aliphatic rings. The summed E-state index contributed by atoms with van der Waals surface area (Å²) in [5.74, 6) is 1.28. The zero-order chi connectivity index (χ0) is 18.9. The highest BCUT2D eigenvalue weighted by Gasteiger charge is 2.11. The van der Waals surface area contributed by atoms with Crippen molar-refractivity contribution in [2.45, 2.75) is 45.8 Å². The first-order valence-electron chi connectivity index (χ1n) is 9.12. The minimum Gasteiger partial charge on any atom is -0.355 e. The topological polar surface area (TPSA) is 52.6 Å². The lowest BCUT2D eigenvalue weighted by molar-refractivity contribution is 0.249. The van der Waals surface area contributed by atoms with E-state index in [1.54, 1.807) is 18.4 Å². The third-order valence-electron chi connectivity index (χ3n) is 4.38. The molecule has 0 amide bonds. The highest BCUT2D eigenvalue weighted by Crippen LogP contribution is 2.17. The van der Waals surface area contributed by atoms with Crippen LogP contribution in [0.2, 0.25) is 0 Å². The van der Waals surface area contributed by atoms with Gasteiger partial charge in [0.1, 0.15) is 5.01 Å². The number of aliphatic imine (C=N–C) groups is 1. The van der Waals surface area contributed by atoms with E-state index in [0.29, 0.717) is 18.5 Å². The molecule has 0 saturated heterocycles. The van der Waals surface area contributed by atoms with Gasteiger partial charge in [0.2, 0.25) is 0 Å². The molecule has 0 aliphatic heterocycles. The predicted octanol–water partition coefficient (Wildman–Crippen LogP) is 4.07. The number of benzene rings is 1. The molecule has 1 aromatic heterocycles. The first kappa shape index (κ1) is 23.8. The molecular weight excluding hydrogens is 469 g/mol. The molecule has 2 aromatic rings. The van der Waals surface area contributed by atoms with E-state index in [2.05, 4.69) is 89.0 Å². The van der Waals surface area contributed by atoms with Crippen molar-refractivity contribution in [3.8, 4) is 0 Å². The number of hydrogen-bond acceptors (Lipinski definition) is 4. The number of thiazole rings is 1. The Labute approximate surface area is 184 Å². The number of rotatable bonds is 8. The van der Waals surface area contributed by atoms with Crippen molar-refractivity contribution in [3.05, 3.63) is 52.0 Å². The zero-order valence-corrected chi connectivity index (χ0v) is 20.0. The number of likely N-dealkylation sites (N-methyl/N-ethyl adjacent to an activating group) is 1. The van der Waals surface area contributed by atoms with Gasteiger partial charge >= 0.3 is 0 Å². The van der Waals surface area contributed by atoms with Gasteiger partial charge in [-0.1, -0.05) is 44.2 Å². The van der Waals surface area contributed by atoms with E-state index in [4.69, 9.17) is 0 Å². The number of guanidine groups is 1. The van der Waals surface area contributed by atoms with E-state index in [1.807, 2.05) is 0 Å². The molecule has 2 N–H and O–H groups in total. The number of hydrogen-bond donors (Lipinski definition) is 2. The summed E-state index contributed by atoms with van der Waals surface area (Å²) in [7, 11) is 3.95. The van der Waals surface area contributed by atoms with Gasteiger partial charge in [0.15, 0.2) is 5.96 Å². The van der Waals surface area contributed by atoms with Crippen LogP contribution in [0.4, 0.5) is 0 Å². The fourth-order valence-electron chi connectivity index (χ4n) is 2.48. The molecule has 1 unspecified atom stereocenters. The van der Waals surface area contributed by atoms with Crippen molar-refractivity contribution in [2.75, 3.05) is 20.6 Å². The molecule has 0 fully saturated rings. The summed E-state index contributed by atoms with van der Waals surface area (Å²) < 4.78 is 0. The van der Waals surface area contributed by atoms with E-state index < -0.39 is 0 Å². The Morgan fingerprint density at radius 3 is 2.48 bits per heavy atom. The molecule has 27 heavy (non-hydrogen) atoms. The summed E-state index contributed by atoms with van der Waals surface area (Å²) in [5, 5.41) is 9.99. The Morgan fingerprint density at radius 2 is 1.89 bits per heavy atom. The van der Waals surface area contributed by atoms with Gasteiger partial charge in [-0.25, -0.2) is 4.98 Å². The van der Waals surface area contributed by atoms with Crippen molar-refractivity contribution in [1.82, 2.24) is 20.5 Å². The molecule has 1 atom stereocenters. The molecule has 150 valence electrons. The maximum atomic E-state index is 4.65. The molecule has 5 nitrogen and oxygen atoms in total. The van der Waals surface area contributed by atoms with Crippen LogP contribution in [0.1, 0.15) is 43.0 Å². The maximum Gasteiger partial charge on any atom is 0.191 e. The van der Waals surface area contributed by atoms with Gasteiger partial charge in [0.05, 0.1) is 12.2 Å². The lowest BCUT2D eigenvalue weighted by atomic mass is 10.2. The van der Waals surface area contributed by atoms with Crippen molar-refractivity contribution in [2.24, 2.45) is 4.99 Å². The van der Waals surface area contributed by atoms with Crippen molar-refractivity contribution in [1.29, 1.82) is 0 Å². The van der Waals surface area contributed by atoms with Crippen LogP contribution in [-0.4, -0.2) is 42.5 Å². The molecule has 7 heteroatoms. The monoisotopic (exact) mass is 501 g/mol. The van der Waals surface area contributed by atoms with Gasteiger partial charge in [-0.3, -0.25) is 9.89 Å². The first-order valence-corrected chi connectivity index (χ1v) is 10.0. The minimum absolute atomic E-state index is 0. The van der Waals surface area contributed by atoms with Gasteiger partial charge < -0.3 is 10.6 Å². The Balaban J connectivity index is 0.00000364. The Kier molecular flexibility index (Phi) is 10.9. The molecule has 1 heterocycles. The summed E-state index contributed by atoms with van der Waals surface area (Å²) in [6.07, 6.45) is 0. The summed E-state index contributed by atoms with van der Waals surface area (Å²) >= 11 is 1.70. The standard InChI is InChI=1S/C20H31N5S.HI/c1-15(2)18-14-26-19(24-18)12-23-20(21-4)22-11-16(3)25(5)13-17-9-7-6-8-10-17;/h6-10,14-16H,11-13H2,1-5H3,(H2,21,22,23);1H. The van der Waals surface area contributed by atoms with Crippen LogP contribution in [-0.2, 0) is 13.1 Å². The van der Waals surface area contributed by atoms with E-state index in [9.17, 15) is 0 Å². The lowest BCUT2D eigenvalue weighted by Crippen LogP contribution is -2.44. The van der Waals surface area contributed by atoms with Gasteiger partial charge in [-0.2, -0.15) is 0 Å². The fraction of sp³-hybridized carbons (Fsp3) is 0.500. The molecule has 2 rings (SSSR count). The second-order valence-corrected chi connectivity index (χ2v) is 7.82. The van der Waals surface area contributed by atoms with Gasteiger partial charge in [0, 0.05) is 31.6 Å². The third kappa shape index (κ3) is 8.15. The fourth-order valence-corrected chi connectivity index (χ4v) is 3.37. The van der Waals surface area contributed by atoms with Crippen LogP contribution in [0.3, 0.4) is 0 Å². The molecule has 0 spiro atoms. The van der Waals surface area contributed by atoms with Gasteiger partial charge in [-0.15, -0.1) is 35.3 Å². The maximum absolute atomic E-state index is 4.65. The molecule has 1 aromatic carbocycles. The Bertz CT molecular complexity index is 687. The molecule has 0 bridgehead atoms. The Morgan fingerprint density at radius 1 is 1.19 bits per heavy atom. The Hall–Kier alpha value is -1.19. The molecular formula is C20H32IN5S. The zero-order valence-electron chi connectivity index (χ0n) is 16.9. The SMILES string of the molecule is CN=C(NCc1nc(C(C)C)cs1)NCC(C)N(C)Cc1ccccc1.I. The van der Waals surface area contributed by atoms with E-state index in [0.717, 1.165) is 29.8 Å². The second kappa shape index (κ2) is 12.3. The predicted molar refractivity (Wildman–Crippen MR) is 127 cm³/mol. The van der Waals surface area contributed by atoms with Crippen LogP contribution in [0.25, 0.3) is 0 Å². The molecule has 0 saturated carbocycles. The van der Waals surface area contributed by atoms with Crippen molar-refractivity contribution >= 4 is 41.3 Å². The lowest BCUT2D eigenvalue weighted by Gasteiger charge is -2.25. The van der Waals surface area contributed by atoms with Crippen molar-refractivity contribution in [3.63, 3.8) is 0 Å². The molecule has 0 radical (unpaired) electrons. The van der Waals surface area contributed by atoms with E-state index in [1.165, 1.54) is 5.56 Å². The number of halogens is 1. The quantitative estimate of drug-likeness (QED) is 0.326. The number of aromatic nitrogens is 1. The summed E-state index contributed by atoms with van der Waals surface area (Å²) in [4.78, 5) is 11.3. The largest absolute Gasteiger partial charge is 0.355 e. The first-order chi connectivity index (χ1) is 12.5. The van der Waals surface area contributed by atoms with Crippen LogP contribution < -0.4 is 10.6 Å². The van der Waals surface area contributed by atoms with Crippen LogP contribution in [0, 0.1) is 0 Å². The highest BCUT2D eigenvalue weighted by molar-refractivity contribution is 14.0. The average Bonchev–Trinajstić information content (AvgIpc) is 3.12. The van der Waals surface area contributed by atoms with Crippen LogP contribution in [0.5, 0.6) is 0 Å². The van der Waals surface area contributed by atoms with Gasteiger partial charge in [-0.05, 0) is 25.5 Å². The average molecular weight is 501 g/mol. The van der Waals surface area contributed by atoms with Crippen LogP contribution >= 0.6 is 35.3 Å². The highest BCUT2D eigenvalue weighted by atomic mass is 127. The number of nitrogens with zero attached hydrogens (tertiary/aromatic N) is 3. The van der Waals surface area contributed by atoms with Gasteiger partial charge in [0.25, 0.3) is 0 Å². The second-order valence-electron chi connectivity index (χ2n) is 6.88. The number of nitrogens with one attached hydrogen (secondary N) is 2. The summed E-state index contributed by atoms with van der Waals surface area (Å²) in [6.45, 7) is 9.02. The summed E-state index contributed by atoms with van der Waals surface area (Å²) in [6, 6.07) is 10.9. The summed E-state index contributed by atoms with van der Waals surface area (Å²) in [5.41, 5.74) is 2.49. The normalized spacial score (nSPS) is 12.8. The van der Waals surface area contributed by atoms with E-state index >= 15 is 0 Å². The minimum atomic E-state index is 0. The molecule has 0 aliphatic carbocycles. The van der Waals surface area contributed by atoms with Crippen molar-refractivity contribution < 1.29 is 0 Å². The van der Waals surface area contributed by atoms with E-state index in [-0.39, 0.29) is 24.0 Å².